The Kier molecular flexibility index (Phi) is 5.06. The van der Waals surface area contributed by atoms with Crippen LogP contribution in [0.5, 0.6) is 0 Å². The molecular formula is C20H18N2O3. The minimum Gasteiger partial charge on any atom is -0.352 e. The molecule has 2 amide bonds. The molecule has 0 aliphatic carbocycles. The van der Waals surface area contributed by atoms with E-state index in [2.05, 4.69) is 5.32 Å². The van der Waals surface area contributed by atoms with Crippen LogP contribution in [0.15, 0.2) is 66.7 Å². The highest BCUT2D eigenvalue weighted by Crippen LogP contribution is 2.15. The van der Waals surface area contributed by atoms with Gasteiger partial charge in [0.25, 0.3) is 11.8 Å². The average molecular weight is 334 g/mol. The van der Waals surface area contributed by atoms with Gasteiger partial charge in [-0.2, -0.15) is 0 Å². The monoisotopic (exact) mass is 334 g/mol. The van der Waals surface area contributed by atoms with Crippen LogP contribution in [0, 0.1) is 0 Å². The maximum absolute atomic E-state index is 12.3. The van der Waals surface area contributed by atoms with Crippen LogP contribution in [0.4, 0.5) is 0 Å². The van der Waals surface area contributed by atoms with Crippen molar-refractivity contribution in [1.82, 2.24) is 10.8 Å². The topological polar surface area (TPSA) is 78.4 Å². The molecule has 3 N–H and O–H groups in total. The molecular weight excluding hydrogens is 316 g/mol. The van der Waals surface area contributed by atoms with Crippen LogP contribution in [0.1, 0.15) is 26.3 Å². The Labute approximate surface area is 145 Å². The van der Waals surface area contributed by atoms with E-state index in [1.54, 1.807) is 29.7 Å². The second-order valence-electron chi connectivity index (χ2n) is 5.71. The van der Waals surface area contributed by atoms with Crippen molar-refractivity contribution in [2.24, 2.45) is 0 Å². The fourth-order valence-electron chi connectivity index (χ4n) is 2.64. The van der Waals surface area contributed by atoms with Crippen LogP contribution >= 0.6 is 0 Å². The Morgan fingerprint density at radius 2 is 1.48 bits per heavy atom. The van der Waals surface area contributed by atoms with Gasteiger partial charge in [-0.3, -0.25) is 14.8 Å². The summed E-state index contributed by atoms with van der Waals surface area (Å²) in [5, 5.41) is 13.6. The first-order chi connectivity index (χ1) is 12.2. The third-order valence-electron chi connectivity index (χ3n) is 4.03. The van der Waals surface area contributed by atoms with E-state index in [-0.39, 0.29) is 5.91 Å². The van der Waals surface area contributed by atoms with Gasteiger partial charge in [-0.25, -0.2) is 5.48 Å². The molecule has 0 aliphatic heterocycles. The van der Waals surface area contributed by atoms with Crippen molar-refractivity contribution in [3.8, 4) is 0 Å². The van der Waals surface area contributed by atoms with Gasteiger partial charge in [0.05, 0.1) is 0 Å². The summed E-state index contributed by atoms with van der Waals surface area (Å²) >= 11 is 0. The van der Waals surface area contributed by atoms with Gasteiger partial charge in [-0.05, 0) is 47.0 Å². The molecule has 0 radical (unpaired) electrons. The summed E-state index contributed by atoms with van der Waals surface area (Å²) in [6, 6.07) is 20.4. The molecule has 0 fully saturated rings. The van der Waals surface area contributed by atoms with E-state index in [0.717, 1.165) is 16.3 Å². The molecule has 5 nitrogen and oxygen atoms in total. The van der Waals surface area contributed by atoms with Crippen LogP contribution in [-0.4, -0.2) is 23.6 Å². The van der Waals surface area contributed by atoms with Gasteiger partial charge >= 0.3 is 0 Å². The molecule has 0 atom stereocenters. The fourth-order valence-corrected chi connectivity index (χ4v) is 2.64. The van der Waals surface area contributed by atoms with E-state index in [0.29, 0.717) is 24.1 Å². The second kappa shape index (κ2) is 7.59. The summed E-state index contributed by atoms with van der Waals surface area (Å²) in [6.07, 6.45) is 0.653. The lowest BCUT2D eigenvalue weighted by atomic mass is 10.1. The number of benzene rings is 3. The summed E-state index contributed by atoms with van der Waals surface area (Å²) in [5.41, 5.74) is 3.60. The van der Waals surface area contributed by atoms with Gasteiger partial charge in [-0.15, -0.1) is 0 Å². The van der Waals surface area contributed by atoms with Crippen molar-refractivity contribution in [1.29, 1.82) is 0 Å². The molecule has 0 saturated heterocycles. The molecule has 0 aliphatic rings. The van der Waals surface area contributed by atoms with Gasteiger partial charge in [-0.1, -0.05) is 42.5 Å². The normalized spacial score (nSPS) is 10.4. The van der Waals surface area contributed by atoms with Crippen molar-refractivity contribution < 1.29 is 14.8 Å². The molecule has 25 heavy (non-hydrogen) atoms. The first-order valence-corrected chi connectivity index (χ1v) is 7.98. The molecule has 3 aromatic rings. The lowest BCUT2D eigenvalue weighted by molar-refractivity contribution is 0.0706. The number of nitrogens with one attached hydrogen (secondary N) is 2. The maximum Gasteiger partial charge on any atom is 0.274 e. The Balaban J connectivity index is 1.57. The summed E-state index contributed by atoms with van der Waals surface area (Å²) in [5.74, 6) is -0.654. The second-order valence-corrected chi connectivity index (χ2v) is 5.71. The van der Waals surface area contributed by atoms with Gasteiger partial charge in [0.1, 0.15) is 0 Å². The Morgan fingerprint density at radius 3 is 2.20 bits per heavy atom. The number of hydroxylamine groups is 1. The number of amides is 2. The van der Waals surface area contributed by atoms with Gasteiger partial charge in [0.2, 0.25) is 0 Å². The lowest BCUT2D eigenvalue weighted by Gasteiger charge is -2.07. The van der Waals surface area contributed by atoms with Crippen LogP contribution in [0.3, 0.4) is 0 Å². The smallest absolute Gasteiger partial charge is 0.274 e. The van der Waals surface area contributed by atoms with Crippen molar-refractivity contribution in [3.05, 3.63) is 83.4 Å². The first-order valence-electron chi connectivity index (χ1n) is 7.98. The predicted octanol–water partition coefficient (Wildman–Crippen LogP) is 2.93. The zero-order chi connectivity index (χ0) is 17.6. The van der Waals surface area contributed by atoms with Gasteiger partial charge in [0, 0.05) is 17.7 Å². The molecule has 126 valence electrons. The molecule has 0 saturated carbocycles. The first kappa shape index (κ1) is 16.7. The molecule has 0 bridgehead atoms. The summed E-state index contributed by atoms with van der Waals surface area (Å²) in [7, 11) is 0. The highest BCUT2D eigenvalue weighted by Gasteiger charge is 2.07. The van der Waals surface area contributed by atoms with E-state index in [1.165, 1.54) is 0 Å². The Morgan fingerprint density at radius 1 is 0.800 bits per heavy atom. The highest BCUT2D eigenvalue weighted by molar-refractivity contribution is 5.98. The summed E-state index contributed by atoms with van der Waals surface area (Å²) < 4.78 is 0. The van der Waals surface area contributed by atoms with E-state index in [9.17, 15) is 9.59 Å². The summed E-state index contributed by atoms with van der Waals surface area (Å²) in [6.45, 7) is 0.497. The summed E-state index contributed by atoms with van der Waals surface area (Å²) in [4.78, 5) is 23.5. The van der Waals surface area contributed by atoms with Crippen molar-refractivity contribution in [2.75, 3.05) is 6.54 Å². The number of hydrogen-bond acceptors (Lipinski definition) is 3. The van der Waals surface area contributed by atoms with E-state index in [1.807, 2.05) is 42.5 Å². The Hall–Kier alpha value is -3.18. The Bertz CT molecular complexity index is 904. The predicted molar refractivity (Wildman–Crippen MR) is 95.7 cm³/mol. The molecule has 3 aromatic carbocycles. The number of fused-ring (bicyclic) bond motifs is 1. The molecule has 0 unspecified atom stereocenters. The third kappa shape index (κ3) is 4.02. The largest absolute Gasteiger partial charge is 0.352 e. The van der Waals surface area contributed by atoms with E-state index < -0.39 is 5.91 Å². The van der Waals surface area contributed by atoms with Crippen LogP contribution in [0.2, 0.25) is 0 Å². The van der Waals surface area contributed by atoms with Gasteiger partial charge in [0.15, 0.2) is 0 Å². The molecule has 0 aromatic heterocycles. The van der Waals surface area contributed by atoms with Crippen molar-refractivity contribution in [3.63, 3.8) is 0 Å². The average Bonchev–Trinajstić information content (AvgIpc) is 2.67. The van der Waals surface area contributed by atoms with E-state index >= 15 is 0 Å². The fraction of sp³-hybridized carbons (Fsp3) is 0.100. The number of hydrogen-bond donors (Lipinski definition) is 3. The highest BCUT2D eigenvalue weighted by atomic mass is 16.5. The zero-order valence-corrected chi connectivity index (χ0v) is 13.5. The van der Waals surface area contributed by atoms with Crippen LogP contribution < -0.4 is 10.8 Å². The third-order valence-corrected chi connectivity index (χ3v) is 4.03. The quantitative estimate of drug-likeness (QED) is 0.496. The van der Waals surface area contributed by atoms with Crippen molar-refractivity contribution >= 4 is 22.6 Å². The maximum atomic E-state index is 12.3. The molecule has 3 rings (SSSR count). The number of carbonyl (C=O) groups is 2. The van der Waals surface area contributed by atoms with Gasteiger partial charge < -0.3 is 5.32 Å². The minimum atomic E-state index is -0.545. The van der Waals surface area contributed by atoms with Crippen LogP contribution in [0.25, 0.3) is 10.8 Å². The minimum absolute atomic E-state index is 0.109. The SMILES string of the molecule is O=C(NO)c1ccc(CCNC(=O)c2ccc3ccccc3c2)cc1. The molecule has 0 heterocycles. The lowest BCUT2D eigenvalue weighted by Crippen LogP contribution is -2.25. The number of carbonyl (C=O) groups excluding carboxylic acids is 2. The number of rotatable bonds is 5. The van der Waals surface area contributed by atoms with Crippen LogP contribution in [-0.2, 0) is 6.42 Å². The van der Waals surface area contributed by atoms with E-state index in [4.69, 9.17) is 5.21 Å². The molecule has 0 spiro atoms. The molecule has 5 heteroatoms. The standard InChI is InChI=1S/C20H18N2O3/c23-19(18-10-9-15-3-1-2-4-17(15)13-18)21-12-11-14-5-7-16(8-6-14)20(24)22-25/h1-10,13,25H,11-12H2,(H,21,23)(H,22,24). The van der Waals surface area contributed by atoms with Crippen molar-refractivity contribution in [2.45, 2.75) is 6.42 Å². The zero-order valence-electron chi connectivity index (χ0n) is 13.5.